The summed E-state index contributed by atoms with van der Waals surface area (Å²) in [6, 6.07) is 2.58. The summed E-state index contributed by atoms with van der Waals surface area (Å²) in [6.07, 6.45) is 7.06. The lowest BCUT2D eigenvalue weighted by Crippen LogP contribution is -2.61. The van der Waals surface area contributed by atoms with E-state index in [1.165, 1.54) is 24.8 Å². The van der Waals surface area contributed by atoms with E-state index in [-0.39, 0.29) is 5.60 Å². The first kappa shape index (κ1) is 14.8. The number of aliphatic hydroxyl groups is 1. The molecule has 0 radical (unpaired) electrons. The van der Waals surface area contributed by atoms with E-state index in [0.29, 0.717) is 11.5 Å². The molecule has 4 bridgehead atoms. The molecule has 0 aromatic carbocycles. The number of rotatable bonds is 4. The van der Waals surface area contributed by atoms with E-state index in [1.807, 2.05) is 6.92 Å². The highest BCUT2D eigenvalue weighted by atomic mass is 16.3. The van der Waals surface area contributed by atoms with Crippen molar-refractivity contribution in [3.63, 3.8) is 0 Å². The van der Waals surface area contributed by atoms with E-state index in [4.69, 9.17) is 4.42 Å². The Morgan fingerprint density at radius 2 is 1.95 bits per heavy atom. The maximum Gasteiger partial charge on any atom is 0.118 e. The molecule has 122 valence electrons. The van der Waals surface area contributed by atoms with Gasteiger partial charge in [-0.05, 0) is 88.2 Å². The fourth-order valence-electron chi connectivity index (χ4n) is 6.00. The second-order valence-corrected chi connectivity index (χ2v) is 8.60. The minimum Gasteiger partial charge on any atom is -0.465 e. The maximum atomic E-state index is 10.9. The molecule has 0 spiro atoms. The number of hydrogen-bond acceptors (Lipinski definition) is 3. The van der Waals surface area contributed by atoms with E-state index >= 15 is 0 Å². The zero-order valence-corrected chi connectivity index (χ0v) is 14.1. The van der Waals surface area contributed by atoms with Crippen molar-refractivity contribution in [2.24, 2.45) is 17.3 Å². The summed E-state index contributed by atoms with van der Waals surface area (Å²) >= 11 is 0. The molecule has 4 saturated carbocycles. The Hall–Kier alpha value is -0.800. The van der Waals surface area contributed by atoms with E-state index in [1.54, 1.807) is 0 Å². The van der Waals surface area contributed by atoms with Gasteiger partial charge in [0.25, 0.3) is 0 Å². The molecule has 22 heavy (non-hydrogen) atoms. The predicted octanol–water partition coefficient (Wildman–Crippen LogP) is 3.71. The number of hydrogen-bond donors (Lipinski definition) is 2. The van der Waals surface area contributed by atoms with Gasteiger partial charge in [-0.1, -0.05) is 0 Å². The highest BCUT2D eigenvalue weighted by molar-refractivity contribution is 5.19. The molecule has 1 heterocycles. The van der Waals surface area contributed by atoms with Gasteiger partial charge in [0.05, 0.1) is 12.1 Å². The maximum absolute atomic E-state index is 10.9. The summed E-state index contributed by atoms with van der Waals surface area (Å²) in [5, 5.41) is 14.6. The molecule has 2 N–H and O–H groups in total. The van der Waals surface area contributed by atoms with Crippen LogP contribution in [0.1, 0.15) is 62.5 Å². The van der Waals surface area contributed by atoms with Crippen molar-refractivity contribution in [3.05, 3.63) is 23.2 Å². The van der Waals surface area contributed by atoms with Gasteiger partial charge in [0.15, 0.2) is 0 Å². The molecular weight excluding hydrogens is 274 g/mol. The Bertz CT molecular complexity index is 542. The summed E-state index contributed by atoms with van der Waals surface area (Å²) in [5.74, 6) is 3.56. The third-order valence-corrected chi connectivity index (χ3v) is 6.79. The Balaban J connectivity index is 1.47. The molecule has 4 aliphatic rings. The lowest BCUT2D eigenvalue weighted by molar-refractivity contribution is -0.172. The van der Waals surface area contributed by atoms with Gasteiger partial charge in [0, 0.05) is 6.04 Å². The van der Waals surface area contributed by atoms with Crippen LogP contribution in [0.4, 0.5) is 0 Å². The summed E-state index contributed by atoms with van der Waals surface area (Å²) in [4.78, 5) is 0. The SMILES string of the molecule is Cc1cc(CNC(C)C23CC4CC(CC(O)(C4)C2)C3)oc1C. The molecule has 4 aliphatic carbocycles. The zero-order valence-electron chi connectivity index (χ0n) is 14.1. The Kier molecular flexibility index (Phi) is 3.25. The molecule has 0 saturated heterocycles. The second-order valence-electron chi connectivity index (χ2n) is 8.60. The van der Waals surface area contributed by atoms with Crippen LogP contribution >= 0.6 is 0 Å². The second kappa shape index (κ2) is 4.85. The van der Waals surface area contributed by atoms with Crippen LogP contribution in [0.15, 0.2) is 10.5 Å². The zero-order chi connectivity index (χ0) is 15.5. The van der Waals surface area contributed by atoms with E-state index in [9.17, 15) is 5.11 Å². The lowest BCUT2D eigenvalue weighted by Gasteiger charge is -2.62. The average molecular weight is 303 g/mol. The molecule has 3 atom stereocenters. The highest BCUT2D eigenvalue weighted by Crippen LogP contribution is 2.62. The van der Waals surface area contributed by atoms with E-state index < -0.39 is 0 Å². The Morgan fingerprint density at radius 3 is 2.50 bits per heavy atom. The molecule has 0 amide bonds. The van der Waals surface area contributed by atoms with Crippen LogP contribution in [0.5, 0.6) is 0 Å². The first-order valence-corrected chi connectivity index (χ1v) is 8.89. The minimum absolute atomic E-state index is 0.301. The van der Waals surface area contributed by atoms with Gasteiger partial charge in [0.2, 0.25) is 0 Å². The summed E-state index contributed by atoms with van der Waals surface area (Å²) in [7, 11) is 0. The van der Waals surface area contributed by atoms with Gasteiger partial charge in [0.1, 0.15) is 11.5 Å². The van der Waals surface area contributed by atoms with Crippen LogP contribution in [0.3, 0.4) is 0 Å². The van der Waals surface area contributed by atoms with Crippen molar-refractivity contribution in [1.29, 1.82) is 0 Å². The summed E-state index contributed by atoms with van der Waals surface area (Å²) in [5.41, 5.74) is 1.17. The van der Waals surface area contributed by atoms with Crippen LogP contribution in [-0.2, 0) is 6.54 Å². The van der Waals surface area contributed by atoms with Crippen molar-refractivity contribution < 1.29 is 9.52 Å². The predicted molar refractivity (Wildman–Crippen MR) is 86.5 cm³/mol. The Labute approximate surface area is 133 Å². The number of furan rings is 1. The van der Waals surface area contributed by atoms with Crippen LogP contribution in [0, 0.1) is 31.1 Å². The van der Waals surface area contributed by atoms with Gasteiger partial charge in [-0.25, -0.2) is 0 Å². The lowest BCUT2D eigenvalue weighted by atomic mass is 9.46. The molecule has 3 heteroatoms. The van der Waals surface area contributed by atoms with Crippen molar-refractivity contribution in [2.45, 2.75) is 77.5 Å². The van der Waals surface area contributed by atoms with Crippen molar-refractivity contribution in [3.8, 4) is 0 Å². The smallest absolute Gasteiger partial charge is 0.118 e. The molecule has 4 fully saturated rings. The van der Waals surface area contributed by atoms with Crippen molar-refractivity contribution >= 4 is 0 Å². The fourth-order valence-corrected chi connectivity index (χ4v) is 6.00. The highest BCUT2D eigenvalue weighted by Gasteiger charge is 2.58. The standard InChI is InChI=1S/C19H29NO2/c1-12-4-17(22-13(12)2)10-20-14(3)18-6-15-5-16(7-18)9-19(21,8-15)11-18/h4,14-16,20-21H,5-11H2,1-3H3. The third-order valence-electron chi connectivity index (χ3n) is 6.79. The molecular formula is C19H29NO2. The number of aryl methyl sites for hydroxylation is 2. The monoisotopic (exact) mass is 303 g/mol. The molecule has 3 nitrogen and oxygen atoms in total. The first-order valence-electron chi connectivity index (χ1n) is 8.89. The quantitative estimate of drug-likeness (QED) is 0.891. The molecule has 1 aromatic rings. The van der Waals surface area contributed by atoms with Crippen LogP contribution in [0.2, 0.25) is 0 Å². The van der Waals surface area contributed by atoms with Gasteiger partial charge >= 0.3 is 0 Å². The molecule has 5 rings (SSSR count). The van der Waals surface area contributed by atoms with Crippen LogP contribution in [0.25, 0.3) is 0 Å². The average Bonchev–Trinajstić information content (AvgIpc) is 2.72. The summed E-state index contributed by atoms with van der Waals surface area (Å²) in [6.45, 7) is 7.24. The van der Waals surface area contributed by atoms with E-state index in [2.05, 4.69) is 25.2 Å². The summed E-state index contributed by atoms with van der Waals surface area (Å²) < 4.78 is 5.79. The van der Waals surface area contributed by atoms with Gasteiger partial charge in [-0.3, -0.25) is 0 Å². The first-order chi connectivity index (χ1) is 10.4. The molecule has 1 aromatic heterocycles. The van der Waals surface area contributed by atoms with Gasteiger partial charge in [-0.2, -0.15) is 0 Å². The Morgan fingerprint density at radius 1 is 1.27 bits per heavy atom. The number of nitrogens with one attached hydrogen (secondary N) is 1. The van der Waals surface area contributed by atoms with E-state index in [0.717, 1.165) is 49.2 Å². The fraction of sp³-hybridized carbons (Fsp3) is 0.789. The van der Waals surface area contributed by atoms with Crippen LogP contribution in [-0.4, -0.2) is 16.7 Å². The topological polar surface area (TPSA) is 45.4 Å². The van der Waals surface area contributed by atoms with Crippen molar-refractivity contribution in [1.82, 2.24) is 5.32 Å². The molecule has 3 unspecified atom stereocenters. The van der Waals surface area contributed by atoms with Gasteiger partial charge < -0.3 is 14.8 Å². The van der Waals surface area contributed by atoms with Crippen LogP contribution < -0.4 is 5.32 Å². The molecule has 0 aliphatic heterocycles. The van der Waals surface area contributed by atoms with Gasteiger partial charge in [-0.15, -0.1) is 0 Å². The van der Waals surface area contributed by atoms with Crippen molar-refractivity contribution in [2.75, 3.05) is 0 Å². The minimum atomic E-state index is -0.363. The third kappa shape index (κ3) is 2.33. The largest absolute Gasteiger partial charge is 0.465 e. The normalized spacial score (nSPS) is 41.1.